The van der Waals surface area contributed by atoms with Crippen molar-refractivity contribution in [3.63, 3.8) is 0 Å². The maximum absolute atomic E-state index is 15.2. The predicted molar refractivity (Wildman–Crippen MR) is 136 cm³/mol. The van der Waals surface area contributed by atoms with Crippen molar-refractivity contribution in [1.82, 2.24) is 0 Å². The van der Waals surface area contributed by atoms with Gasteiger partial charge in [0, 0.05) is 17.7 Å². The lowest BCUT2D eigenvalue weighted by molar-refractivity contribution is -0.187. The molecular weight excluding hydrogens is 556 g/mol. The summed E-state index contributed by atoms with van der Waals surface area (Å²) in [5.41, 5.74) is -1.61. The molecule has 0 amide bonds. The first kappa shape index (κ1) is 29.6. The van der Waals surface area contributed by atoms with Crippen LogP contribution in [0.4, 0.5) is 35.1 Å². The zero-order valence-electron chi connectivity index (χ0n) is 22.4. The van der Waals surface area contributed by atoms with Crippen LogP contribution in [0.25, 0.3) is 10.8 Å². The van der Waals surface area contributed by atoms with E-state index >= 15 is 13.2 Å². The zero-order valence-corrected chi connectivity index (χ0v) is 22.4. The largest absolute Gasteiger partial charge is 0.429 e. The van der Waals surface area contributed by atoms with Gasteiger partial charge in [-0.1, -0.05) is 38.7 Å². The molecule has 2 fully saturated rings. The van der Waals surface area contributed by atoms with Gasteiger partial charge in [0.05, 0.1) is 18.1 Å². The summed E-state index contributed by atoms with van der Waals surface area (Å²) < 4.78 is 125. The average Bonchev–Trinajstić information content (AvgIpc) is 2.94. The Hall–Kier alpha value is -2.88. The van der Waals surface area contributed by atoms with E-state index in [-0.39, 0.29) is 23.1 Å². The van der Waals surface area contributed by atoms with Crippen LogP contribution in [0.5, 0.6) is 5.75 Å². The van der Waals surface area contributed by atoms with Crippen LogP contribution in [0.2, 0.25) is 0 Å². The molecule has 5 rings (SSSR count). The van der Waals surface area contributed by atoms with Gasteiger partial charge in [0.15, 0.2) is 29.1 Å². The molecule has 0 N–H and O–H groups in total. The highest BCUT2D eigenvalue weighted by molar-refractivity contribution is 5.85. The summed E-state index contributed by atoms with van der Waals surface area (Å²) in [6.45, 7) is 2.59. The Morgan fingerprint density at radius 2 is 1.44 bits per heavy atom. The molecule has 3 aromatic carbocycles. The Bertz CT molecular complexity index is 1390. The highest BCUT2D eigenvalue weighted by atomic mass is 19.3. The van der Waals surface area contributed by atoms with Gasteiger partial charge in [-0.2, -0.15) is 8.78 Å². The van der Waals surface area contributed by atoms with Crippen LogP contribution in [-0.2, 0) is 10.8 Å². The monoisotopic (exact) mass is 586 g/mol. The van der Waals surface area contributed by atoms with Crippen LogP contribution in [0.3, 0.4) is 0 Å². The van der Waals surface area contributed by atoms with Crippen LogP contribution in [0.1, 0.15) is 75.5 Å². The smallest absolute Gasteiger partial charge is 0.429 e. The van der Waals surface area contributed by atoms with Crippen LogP contribution in [0, 0.1) is 52.7 Å². The summed E-state index contributed by atoms with van der Waals surface area (Å²) in [6.07, 6.45) is 2.95. The fourth-order valence-corrected chi connectivity index (χ4v) is 6.40. The lowest BCUT2D eigenvalue weighted by atomic mass is 9.73. The SMILES string of the molecule is CCCC1CCC(C2CCC(c3cc4ccc(C(F)(F)Oc5cc(F)c(F)c(F)c5)c(F)c4c(F)c3F)OC2)CC1. The molecule has 2 nitrogen and oxygen atoms in total. The summed E-state index contributed by atoms with van der Waals surface area (Å²) in [5, 5.41) is -1.20. The van der Waals surface area contributed by atoms with E-state index in [1.54, 1.807) is 0 Å². The fourth-order valence-electron chi connectivity index (χ4n) is 6.40. The molecule has 1 heterocycles. The molecule has 0 aromatic heterocycles. The van der Waals surface area contributed by atoms with Crippen molar-refractivity contribution in [3.8, 4) is 5.75 Å². The van der Waals surface area contributed by atoms with Gasteiger partial charge in [-0.05, 0) is 61.0 Å². The molecule has 41 heavy (non-hydrogen) atoms. The minimum atomic E-state index is -4.56. The first-order valence-electron chi connectivity index (χ1n) is 13.9. The summed E-state index contributed by atoms with van der Waals surface area (Å²) in [7, 11) is 0. The van der Waals surface area contributed by atoms with Gasteiger partial charge >= 0.3 is 6.11 Å². The standard InChI is InChI=1S/C31H30F8O2/c1-2-3-16-4-6-17(7-5-16)19-9-11-25(40-15-19)21-12-18-8-10-22(28(35)26(18)30(37)27(21)34)31(38,39)41-20-13-23(32)29(36)24(33)14-20/h8,10,12-14,16-17,19,25H,2-7,9,11,15H2,1H3. The Morgan fingerprint density at radius 3 is 2.05 bits per heavy atom. The van der Waals surface area contributed by atoms with Crippen molar-refractivity contribution in [2.45, 2.75) is 70.5 Å². The molecule has 10 heteroatoms. The molecule has 1 saturated carbocycles. The lowest BCUT2D eigenvalue weighted by Crippen LogP contribution is -2.30. The second-order valence-electron chi connectivity index (χ2n) is 11.2. The number of fused-ring (bicyclic) bond motifs is 1. The van der Waals surface area contributed by atoms with Gasteiger partial charge in [0.1, 0.15) is 17.1 Å². The number of rotatable bonds is 7. The van der Waals surface area contributed by atoms with Crippen molar-refractivity contribution >= 4 is 10.8 Å². The van der Waals surface area contributed by atoms with E-state index in [4.69, 9.17) is 4.74 Å². The van der Waals surface area contributed by atoms with Crippen LogP contribution in [0.15, 0.2) is 30.3 Å². The van der Waals surface area contributed by atoms with E-state index in [2.05, 4.69) is 11.7 Å². The molecule has 222 valence electrons. The minimum absolute atomic E-state index is 0.118. The van der Waals surface area contributed by atoms with E-state index in [1.807, 2.05) is 0 Å². The van der Waals surface area contributed by atoms with Crippen molar-refractivity contribution in [3.05, 3.63) is 76.4 Å². The quantitative estimate of drug-likeness (QED) is 0.203. The molecule has 1 aliphatic heterocycles. The Kier molecular flexibility index (Phi) is 8.51. The minimum Gasteiger partial charge on any atom is -0.429 e. The van der Waals surface area contributed by atoms with Crippen molar-refractivity contribution in [1.29, 1.82) is 0 Å². The molecule has 0 bridgehead atoms. The predicted octanol–water partition coefficient (Wildman–Crippen LogP) is 9.88. The highest BCUT2D eigenvalue weighted by Crippen LogP contribution is 2.43. The molecule has 0 radical (unpaired) electrons. The summed E-state index contributed by atoms with van der Waals surface area (Å²) in [5.74, 6) is -9.87. The zero-order chi connectivity index (χ0) is 29.5. The second kappa shape index (κ2) is 11.8. The third-order valence-electron chi connectivity index (χ3n) is 8.58. The maximum atomic E-state index is 15.2. The highest BCUT2D eigenvalue weighted by Gasteiger charge is 2.40. The van der Waals surface area contributed by atoms with E-state index in [9.17, 15) is 22.0 Å². The number of halogens is 8. The van der Waals surface area contributed by atoms with Crippen molar-refractivity contribution in [2.75, 3.05) is 6.61 Å². The molecule has 2 atom stereocenters. The van der Waals surface area contributed by atoms with Gasteiger partial charge in [-0.15, -0.1) is 0 Å². The third-order valence-corrected chi connectivity index (χ3v) is 8.58. The van der Waals surface area contributed by atoms with Crippen molar-refractivity contribution in [2.24, 2.45) is 17.8 Å². The Balaban J connectivity index is 1.34. The summed E-state index contributed by atoms with van der Waals surface area (Å²) in [6, 6.07) is 3.09. The van der Waals surface area contributed by atoms with Gasteiger partial charge in [-0.25, -0.2) is 26.3 Å². The fraction of sp³-hybridized carbons (Fsp3) is 0.484. The number of hydrogen-bond donors (Lipinski definition) is 0. The van der Waals surface area contributed by atoms with E-state index in [1.165, 1.54) is 31.7 Å². The summed E-state index contributed by atoms with van der Waals surface area (Å²) >= 11 is 0. The first-order chi connectivity index (χ1) is 19.5. The topological polar surface area (TPSA) is 18.5 Å². The number of alkyl halides is 2. The molecule has 2 unspecified atom stereocenters. The molecule has 3 aromatic rings. The van der Waals surface area contributed by atoms with Crippen LogP contribution < -0.4 is 4.74 Å². The molecular formula is C31H30F8O2. The lowest BCUT2D eigenvalue weighted by Gasteiger charge is -2.38. The van der Waals surface area contributed by atoms with E-state index in [0.717, 1.165) is 31.2 Å². The third kappa shape index (κ3) is 5.90. The van der Waals surface area contributed by atoms with E-state index in [0.29, 0.717) is 30.9 Å². The Labute approximate surface area is 232 Å². The second-order valence-corrected chi connectivity index (χ2v) is 11.2. The number of benzene rings is 3. The van der Waals surface area contributed by atoms with E-state index < -0.39 is 63.8 Å². The first-order valence-corrected chi connectivity index (χ1v) is 13.9. The van der Waals surface area contributed by atoms with Gasteiger partial charge in [0.2, 0.25) is 0 Å². The van der Waals surface area contributed by atoms with Crippen LogP contribution in [-0.4, -0.2) is 6.61 Å². The van der Waals surface area contributed by atoms with Gasteiger partial charge in [-0.3, -0.25) is 0 Å². The molecule has 0 spiro atoms. The maximum Gasteiger partial charge on any atom is 0.429 e. The average molecular weight is 587 g/mol. The van der Waals surface area contributed by atoms with Gasteiger partial charge < -0.3 is 9.47 Å². The normalized spacial score (nSPS) is 23.6. The number of hydrogen-bond acceptors (Lipinski definition) is 2. The number of ether oxygens (including phenoxy) is 2. The van der Waals surface area contributed by atoms with Crippen molar-refractivity contribution < 1.29 is 44.6 Å². The molecule has 1 aliphatic carbocycles. The summed E-state index contributed by atoms with van der Waals surface area (Å²) in [4.78, 5) is 0. The van der Waals surface area contributed by atoms with Crippen LogP contribution >= 0.6 is 0 Å². The molecule has 2 aliphatic rings. The molecule has 1 saturated heterocycles. The van der Waals surface area contributed by atoms with Gasteiger partial charge in [0.25, 0.3) is 0 Å². The Morgan fingerprint density at radius 1 is 0.780 bits per heavy atom.